The summed E-state index contributed by atoms with van der Waals surface area (Å²) in [5.74, 6) is 2.02. The van der Waals surface area contributed by atoms with Gasteiger partial charge in [-0.2, -0.15) is 0 Å². The first-order valence-electron chi connectivity index (χ1n) is 12.0. The van der Waals surface area contributed by atoms with Crippen molar-refractivity contribution < 1.29 is 14.3 Å². The highest BCUT2D eigenvalue weighted by Gasteiger charge is 2.47. The van der Waals surface area contributed by atoms with Crippen LogP contribution in [0.15, 0.2) is 42.7 Å². The number of hydrogen-bond acceptors (Lipinski definition) is 6. The Morgan fingerprint density at radius 2 is 1.88 bits per heavy atom. The molecule has 9 heteroatoms. The van der Waals surface area contributed by atoms with Gasteiger partial charge in [-0.1, -0.05) is 6.07 Å². The number of carbonyl (C=O) groups is 2. The predicted molar refractivity (Wildman–Crippen MR) is 132 cm³/mol. The zero-order chi connectivity index (χ0) is 22.7. The molecule has 3 aliphatic rings. The normalized spacial score (nSPS) is 24.5. The molecule has 4 heterocycles. The van der Waals surface area contributed by atoms with E-state index in [1.54, 1.807) is 17.3 Å². The summed E-state index contributed by atoms with van der Waals surface area (Å²) in [6.07, 6.45) is 10.1. The maximum atomic E-state index is 12.6. The highest BCUT2D eigenvalue weighted by Crippen LogP contribution is 2.40. The summed E-state index contributed by atoms with van der Waals surface area (Å²) in [5.41, 5.74) is 0.252. The topological polar surface area (TPSA) is 87.7 Å². The molecule has 0 radical (unpaired) electrons. The van der Waals surface area contributed by atoms with Crippen LogP contribution in [0.2, 0.25) is 0 Å². The van der Waals surface area contributed by atoms with Gasteiger partial charge in [-0.05, 0) is 75.1 Å². The Balaban J connectivity index is 0.00000274. The molecule has 1 N–H and O–H groups in total. The number of piperidine rings is 1. The fourth-order valence-electron chi connectivity index (χ4n) is 5.13. The molecule has 2 aliphatic heterocycles. The van der Waals surface area contributed by atoms with E-state index in [0.717, 1.165) is 64.0 Å². The van der Waals surface area contributed by atoms with Crippen molar-refractivity contribution in [3.63, 3.8) is 0 Å². The highest BCUT2D eigenvalue weighted by molar-refractivity contribution is 5.94. The second-order valence-corrected chi connectivity index (χ2v) is 9.43. The van der Waals surface area contributed by atoms with Gasteiger partial charge in [-0.3, -0.25) is 9.69 Å². The lowest BCUT2D eigenvalue weighted by Gasteiger charge is -2.35. The minimum atomic E-state index is -0.403. The largest absolute Gasteiger partial charge is 0.441 e. The third-order valence-corrected chi connectivity index (χ3v) is 7.14. The molecule has 5 rings (SSSR count). The first-order valence-corrected chi connectivity index (χ1v) is 12.0. The lowest BCUT2D eigenvalue weighted by atomic mass is 9.78. The molecule has 0 unspecified atom stereocenters. The Morgan fingerprint density at radius 3 is 2.56 bits per heavy atom. The third-order valence-electron chi connectivity index (χ3n) is 7.14. The Hall–Kier alpha value is -2.87. The van der Waals surface area contributed by atoms with Gasteiger partial charge in [-0.15, -0.1) is 12.4 Å². The van der Waals surface area contributed by atoms with Gasteiger partial charge in [0.1, 0.15) is 17.2 Å². The number of nitrogens with zero attached hydrogens (tertiary/aromatic N) is 4. The number of nitrogens with one attached hydrogen (secondary N) is 1. The van der Waals surface area contributed by atoms with E-state index in [-0.39, 0.29) is 24.4 Å². The number of pyridine rings is 2. The molecule has 2 amide bonds. The minimum absolute atomic E-state index is 0. The standard InChI is InChI=1S/C25H31N5O3.ClH/c31-23(29-14-4-1-5-15-29)20-7-8-21(28-17-20)27-16-19-9-11-25(12-10-19)18-30(24(32)33-25)22-6-2-3-13-26-22;/h2-3,6-8,13,17,19H,1,4-5,9-12,14-16,18H2,(H,27,28);1H. The maximum absolute atomic E-state index is 12.6. The van der Waals surface area contributed by atoms with Crippen LogP contribution >= 0.6 is 12.4 Å². The van der Waals surface area contributed by atoms with Gasteiger partial charge in [0.05, 0.1) is 12.1 Å². The highest BCUT2D eigenvalue weighted by atomic mass is 35.5. The number of halogens is 1. The van der Waals surface area contributed by atoms with Crippen molar-refractivity contribution in [3.05, 3.63) is 48.3 Å². The van der Waals surface area contributed by atoms with Crippen molar-refractivity contribution in [1.82, 2.24) is 14.9 Å². The van der Waals surface area contributed by atoms with Crippen molar-refractivity contribution in [2.45, 2.75) is 50.5 Å². The van der Waals surface area contributed by atoms with Crippen LogP contribution in [-0.4, -0.2) is 58.6 Å². The summed E-state index contributed by atoms with van der Waals surface area (Å²) in [7, 11) is 0. The van der Waals surface area contributed by atoms with Crippen LogP contribution in [0.4, 0.5) is 16.4 Å². The van der Waals surface area contributed by atoms with E-state index < -0.39 is 5.60 Å². The third kappa shape index (κ3) is 5.27. The van der Waals surface area contributed by atoms with Gasteiger partial charge < -0.3 is 15.0 Å². The molecule has 2 aromatic rings. The van der Waals surface area contributed by atoms with E-state index in [1.807, 2.05) is 35.2 Å². The molecule has 3 fully saturated rings. The van der Waals surface area contributed by atoms with E-state index in [1.165, 1.54) is 6.42 Å². The van der Waals surface area contributed by atoms with Crippen LogP contribution in [0.25, 0.3) is 0 Å². The summed E-state index contributed by atoms with van der Waals surface area (Å²) in [4.78, 5) is 37.4. The van der Waals surface area contributed by atoms with Gasteiger partial charge in [0.15, 0.2) is 0 Å². The Morgan fingerprint density at radius 1 is 1.09 bits per heavy atom. The van der Waals surface area contributed by atoms with Crippen molar-refractivity contribution in [2.75, 3.05) is 36.4 Å². The molecular weight excluding hydrogens is 454 g/mol. The van der Waals surface area contributed by atoms with E-state index in [2.05, 4.69) is 15.3 Å². The first-order chi connectivity index (χ1) is 16.1. The van der Waals surface area contributed by atoms with Crippen LogP contribution < -0.4 is 10.2 Å². The molecule has 182 valence electrons. The monoisotopic (exact) mass is 485 g/mol. The molecule has 1 spiro atoms. The number of carbonyl (C=O) groups excluding carboxylic acids is 2. The number of amides is 2. The summed E-state index contributed by atoms with van der Waals surface area (Å²) < 4.78 is 5.83. The fraction of sp³-hybridized carbons (Fsp3) is 0.520. The fourth-order valence-corrected chi connectivity index (χ4v) is 5.13. The average molecular weight is 486 g/mol. The molecule has 2 aromatic heterocycles. The molecule has 0 atom stereocenters. The van der Waals surface area contributed by atoms with Gasteiger partial charge >= 0.3 is 6.09 Å². The summed E-state index contributed by atoms with van der Waals surface area (Å²) in [6.45, 7) is 3.07. The number of rotatable bonds is 5. The number of anilines is 2. The summed E-state index contributed by atoms with van der Waals surface area (Å²) >= 11 is 0. The number of likely N-dealkylation sites (tertiary alicyclic amines) is 1. The van der Waals surface area contributed by atoms with Gasteiger partial charge in [0.2, 0.25) is 0 Å². The summed E-state index contributed by atoms with van der Waals surface area (Å²) in [5, 5.41) is 3.42. The lowest BCUT2D eigenvalue weighted by molar-refractivity contribution is 0.0148. The minimum Gasteiger partial charge on any atom is -0.441 e. The van der Waals surface area contributed by atoms with Crippen molar-refractivity contribution >= 4 is 36.0 Å². The second-order valence-electron chi connectivity index (χ2n) is 9.43. The quantitative estimate of drug-likeness (QED) is 0.669. The molecule has 1 saturated carbocycles. The average Bonchev–Trinajstić information content (AvgIpc) is 3.20. The number of aromatic nitrogens is 2. The van der Waals surface area contributed by atoms with E-state index in [9.17, 15) is 9.59 Å². The zero-order valence-corrected chi connectivity index (χ0v) is 20.1. The second kappa shape index (κ2) is 10.6. The predicted octanol–water partition coefficient (Wildman–Crippen LogP) is 4.52. The zero-order valence-electron chi connectivity index (χ0n) is 19.3. The van der Waals surface area contributed by atoms with Crippen molar-refractivity contribution in [2.24, 2.45) is 5.92 Å². The number of ether oxygens (including phenoxy) is 1. The van der Waals surface area contributed by atoms with Crippen molar-refractivity contribution in [1.29, 1.82) is 0 Å². The molecule has 0 aromatic carbocycles. The smallest absolute Gasteiger partial charge is 0.416 e. The summed E-state index contributed by atoms with van der Waals surface area (Å²) in [6, 6.07) is 9.33. The van der Waals surface area contributed by atoms with Gasteiger partial charge in [0, 0.05) is 32.0 Å². The molecule has 34 heavy (non-hydrogen) atoms. The SMILES string of the molecule is Cl.O=C(c1ccc(NCC2CCC3(CC2)CN(c2ccccn2)C(=O)O3)nc1)N1CCCCC1. The molecule has 0 bridgehead atoms. The molecule has 8 nitrogen and oxygen atoms in total. The van der Waals surface area contributed by atoms with Gasteiger partial charge in [-0.25, -0.2) is 14.8 Å². The van der Waals surface area contributed by atoms with E-state index in [4.69, 9.17) is 4.74 Å². The van der Waals surface area contributed by atoms with Crippen LogP contribution in [0.5, 0.6) is 0 Å². The van der Waals surface area contributed by atoms with Crippen LogP contribution in [0, 0.1) is 5.92 Å². The van der Waals surface area contributed by atoms with E-state index >= 15 is 0 Å². The van der Waals surface area contributed by atoms with E-state index in [0.29, 0.717) is 23.8 Å². The van der Waals surface area contributed by atoms with Crippen LogP contribution in [-0.2, 0) is 4.74 Å². The Labute approximate surface area is 206 Å². The molecular formula is C25H32ClN5O3. The Bertz CT molecular complexity index is 974. The molecule has 1 aliphatic carbocycles. The van der Waals surface area contributed by atoms with Crippen LogP contribution in [0.1, 0.15) is 55.3 Å². The Kier molecular flexibility index (Phi) is 7.56. The van der Waals surface area contributed by atoms with Crippen LogP contribution in [0.3, 0.4) is 0 Å². The van der Waals surface area contributed by atoms with Gasteiger partial charge in [0.25, 0.3) is 5.91 Å². The number of hydrogen-bond donors (Lipinski definition) is 1. The first kappa shape index (κ1) is 24.3. The lowest BCUT2D eigenvalue weighted by Crippen LogP contribution is -2.39. The molecule has 2 saturated heterocycles. The van der Waals surface area contributed by atoms with Crippen molar-refractivity contribution in [3.8, 4) is 0 Å². The maximum Gasteiger partial charge on any atom is 0.416 e.